The summed E-state index contributed by atoms with van der Waals surface area (Å²) in [6, 6.07) is 3.37. The third kappa shape index (κ3) is 5.69. The maximum absolute atomic E-state index is 12.0. The molecule has 2 rings (SSSR count). The minimum Gasteiger partial charge on any atom is -0.349 e. The number of nitrogens with one attached hydrogen (secondary N) is 2. The van der Waals surface area contributed by atoms with Crippen molar-refractivity contribution < 1.29 is 13.2 Å². The van der Waals surface area contributed by atoms with Crippen molar-refractivity contribution in [2.45, 2.75) is 45.2 Å². The van der Waals surface area contributed by atoms with Crippen LogP contribution in [0, 0.1) is 5.92 Å². The Balaban J connectivity index is 1.77. The van der Waals surface area contributed by atoms with Crippen LogP contribution in [0.4, 0.5) is 0 Å². The molecule has 1 aliphatic rings. The third-order valence-electron chi connectivity index (χ3n) is 3.78. The molecule has 2 N–H and O–H groups in total. The van der Waals surface area contributed by atoms with Crippen LogP contribution in [0.25, 0.3) is 0 Å². The van der Waals surface area contributed by atoms with E-state index in [-0.39, 0.29) is 12.6 Å². The second-order valence-electron chi connectivity index (χ2n) is 5.83. The average Bonchev–Trinajstić information content (AvgIpc) is 2.48. The first-order valence-corrected chi connectivity index (χ1v) is 9.13. The first-order valence-electron chi connectivity index (χ1n) is 7.48. The van der Waals surface area contributed by atoms with Gasteiger partial charge in [0.15, 0.2) is 0 Å². The van der Waals surface area contributed by atoms with E-state index < -0.39 is 21.7 Å². The number of rotatable bonds is 6. The number of hydrogen-bond donors (Lipinski definition) is 2. The molecule has 1 amide bonds. The number of sulfonamides is 1. The summed E-state index contributed by atoms with van der Waals surface area (Å²) < 4.78 is 26.6. The van der Waals surface area contributed by atoms with E-state index in [0.29, 0.717) is 11.6 Å². The zero-order valence-electron chi connectivity index (χ0n) is 12.7. The molecule has 8 heteroatoms. The summed E-state index contributed by atoms with van der Waals surface area (Å²) in [6.07, 6.45) is 5.24. The summed E-state index contributed by atoms with van der Waals surface area (Å²) in [4.78, 5) is 11.7. The summed E-state index contributed by atoms with van der Waals surface area (Å²) in [7, 11) is -3.60. The van der Waals surface area contributed by atoms with E-state index in [0.717, 1.165) is 25.7 Å². The van der Waals surface area contributed by atoms with Gasteiger partial charge in [-0.25, -0.2) is 13.1 Å². The van der Waals surface area contributed by atoms with Gasteiger partial charge in [-0.3, -0.25) is 4.79 Å². The van der Waals surface area contributed by atoms with Crippen LogP contribution in [-0.2, 0) is 21.4 Å². The maximum atomic E-state index is 12.0. The molecule has 1 heterocycles. The van der Waals surface area contributed by atoms with Gasteiger partial charge in [-0.05, 0) is 43.7 Å². The third-order valence-corrected chi connectivity index (χ3v) is 5.11. The van der Waals surface area contributed by atoms with Gasteiger partial charge in [0.05, 0.1) is 12.2 Å². The van der Waals surface area contributed by atoms with Crippen LogP contribution in [-0.4, -0.2) is 36.3 Å². The first-order chi connectivity index (χ1) is 10.4. The number of carbonyl (C=O) groups is 1. The van der Waals surface area contributed by atoms with E-state index >= 15 is 0 Å². The summed E-state index contributed by atoms with van der Waals surface area (Å²) >= 11 is 0. The van der Waals surface area contributed by atoms with Crippen molar-refractivity contribution in [2.75, 3.05) is 5.75 Å². The molecule has 1 aliphatic carbocycles. The molecule has 0 saturated heterocycles. The summed E-state index contributed by atoms with van der Waals surface area (Å²) in [5, 5.41) is 10.0. The van der Waals surface area contributed by atoms with Crippen molar-refractivity contribution in [3.63, 3.8) is 0 Å². The molecule has 7 nitrogen and oxygen atoms in total. The molecule has 0 unspecified atom stereocenters. The van der Waals surface area contributed by atoms with Crippen molar-refractivity contribution in [3.8, 4) is 0 Å². The van der Waals surface area contributed by atoms with Gasteiger partial charge in [-0.2, -0.15) is 10.2 Å². The highest BCUT2D eigenvalue weighted by Gasteiger charge is 2.24. The average molecular weight is 326 g/mol. The lowest BCUT2D eigenvalue weighted by molar-refractivity contribution is -0.118. The van der Waals surface area contributed by atoms with Crippen LogP contribution in [0.1, 0.15) is 38.3 Å². The Morgan fingerprint density at radius 1 is 1.32 bits per heavy atom. The number of aromatic nitrogens is 2. The number of hydrogen-bond acceptors (Lipinski definition) is 5. The highest BCUT2D eigenvalue weighted by atomic mass is 32.2. The van der Waals surface area contributed by atoms with Crippen LogP contribution in [0.15, 0.2) is 18.3 Å². The van der Waals surface area contributed by atoms with Gasteiger partial charge in [-0.1, -0.05) is 6.92 Å². The largest absolute Gasteiger partial charge is 0.349 e. The fourth-order valence-corrected chi connectivity index (χ4v) is 3.79. The highest BCUT2D eigenvalue weighted by Crippen LogP contribution is 2.23. The molecule has 0 spiro atoms. The Labute approximate surface area is 131 Å². The van der Waals surface area contributed by atoms with Crippen LogP contribution in [0.5, 0.6) is 0 Å². The van der Waals surface area contributed by atoms with Gasteiger partial charge in [0, 0.05) is 12.2 Å². The van der Waals surface area contributed by atoms with Gasteiger partial charge < -0.3 is 5.32 Å². The van der Waals surface area contributed by atoms with Crippen LogP contribution < -0.4 is 10.0 Å². The van der Waals surface area contributed by atoms with E-state index in [9.17, 15) is 13.2 Å². The van der Waals surface area contributed by atoms with Crippen molar-refractivity contribution in [1.82, 2.24) is 20.2 Å². The molecule has 1 fully saturated rings. The lowest BCUT2D eigenvalue weighted by Crippen LogP contribution is -2.42. The topological polar surface area (TPSA) is 101 Å². The highest BCUT2D eigenvalue weighted by molar-refractivity contribution is 7.90. The Kier molecular flexibility index (Phi) is 5.84. The lowest BCUT2D eigenvalue weighted by atomic mass is 9.88. The van der Waals surface area contributed by atoms with Gasteiger partial charge in [-0.15, -0.1) is 0 Å². The smallest absolute Gasteiger partial charge is 0.236 e. The molecule has 0 bridgehead atoms. The van der Waals surface area contributed by atoms with Gasteiger partial charge in [0.1, 0.15) is 5.75 Å². The Morgan fingerprint density at radius 3 is 2.68 bits per heavy atom. The maximum Gasteiger partial charge on any atom is 0.236 e. The summed E-state index contributed by atoms with van der Waals surface area (Å²) in [5.74, 6) is -0.447. The Morgan fingerprint density at radius 2 is 2.05 bits per heavy atom. The first kappa shape index (κ1) is 16.8. The van der Waals surface area contributed by atoms with E-state index in [1.165, 1.54) is 6.20 Å². The fraction of sp³-hybridized carbons (Fsp3) is 0.643. The van der Waals surface area contributed by atoms with Crippen LogP contribution in [0.2, 0.25) is 0 Å². The molecule has 1 aromatic rings. The predicted octanol–water partition coefficient (Wildman–Crippen LogP) is 0.591. The van der Waals surface area contributed by atoms with E-state index in [1.807, 2.05) is 0 Å². The lowest BCUT2D eigenvalue weighted by Gasteiger charge is -2.26. The zero-order valence-corrected chi connectivity index (χ0v) is 13.5. The SMILES string of the molecule is CC1CCC(NS(=O)(=O)CC(=O)NCc2cccnn2)CC1. The fourth-order valence-electron chi connectivity index (χ4n) is 2.51. The second-order valence-corrected chi connectivity index (χ2v) is 7.58. The van der Waals surface area contributed by atoms with Crippen LogP contribution in [0.3, 0.4) is 0 Å². The van der Waals surface area contributed by atoms with Gasteiger partial charge >= 0.3 is 0 Å². The zero-order chi connectivity index (χ0) is 16.0. The molecule has 1 aromatic heterocycles. The standard InChI is InChI=1S/C14H22N4O3S/c1-11-4-6-12(7-5-11)18-22(20,21)10-14(19)15-9-13-3-2-8-16-17-13/h2-3,8,11-12,18H,4-7,9-10H2,1H3,(H,15,19). The minimum atomic E-state index is -3.60. The molecule has 0 aliphatic heterocycles. The Bertz CT molecular complexity index is 583. The number of amides is 1. The van der Waals surface area contributed by atoms with Crippen LogP contribution >= 0.6 is 0 Å². The van der Waals surface area contributed by atoms with E-state index in [4.69, 9.17) is 0 Å². The van der Waals surface area contributed by atoms with Crippen molar-refractivity contribution in [3.05, 3.63) is 24.0 Å². The molecule has 0 aromatic carbocycles. The molecule has 0 atom stereocenters. The van der Waals surface area contributed by atoms with Crippen molar-refractivity contribution in [2.24, 2.45) is 5.92 Å². The quantitative estimate of drug-likeness (QED) is 0.797. The molecule has 22 heavy (non-hydrogen) atoms. The monoisotopic (exact) mass is 326 g/mol. The molecule has 122 valence electrons. The van der Waals surface area contributed by atoms with Gasteiger partial charge in [0.25, 0.3) is 0 Å². The summed E-state index contributed by atoms with van der Waals surface area (Å²) in [6.45, 7) is 2.34. The number of nitrogens with zero attached hydrogens (tertiary/aromatic N) is 2. The van der Waals surface area contributed by atoms with E-state index in [2.05, 4.69) is 27.2 Å². The molecule has 1 saturated carbocycles. The van der Waals surface area contributed by atoms with E-state index in [1.54, 1.807) is 12.1 Å². The summed E-state index contributed by atoms with van der Waals surface area (Å²) in [5.41, 5.74) is 0.586. The molecular weight excluding hydrogens is 304 g/mol. The normalized spacial score (nSPS) is 22.2. The molecule has 0 radical (unpaired) electrons. The number of carbonyl (C=O) groups excluding carboxylic acids is 1. The van der Waals surface area contributed by atoms with Crippen molar-refractivity contribution in [1.29, 1.82) is 0 Å². The Hall–Kier alpha value is -1.54. The van der Waals surface area contributed by atoms with Gasteiger partial charge in [0.2, 0.25) is 15.9 Å². The second kappa shape index (κ2) is 7.64. The predicted molar refractivity (Wildman–Crippen MR) is 82.2 cm³/mol. The molecular formula is C14H22N4O3S. The van der Waals surface area contributed by atoms with Crippen molar-refractivity contribution >= 4 is 15.9 Å². The minimum absolute atomic E-state index is 0.0472.